The molecular weight excluding hydrogens is 328 g/mol. The van der Waals surface area contributed by atoms with Gasteiger partial charge in [0, 0.05) is 25.7 Å². The molecule has 0 aliphatic carbocycles. The number of hydrogen-bond acceptors (Lipinski definition) is 3. The van der Waals surface area contributed by atoms with Crippen molar-refractivity contribution in [1.82, 2.24) is 5.32 Å². The van der Waals surface area contributed by atoms with E-state index in [-0.39, 0.29) is 11.8 Å². The van der Waals surface area contributed by atoms with Gasteiger partial charge in [0.25, 0.3) is 0 Å². The van der Waals surface area contributed by atoms with Gasteiger partial charge in [-0.05, 0) is 48.7 Å². The first-order chi connectivity index (χ1) is 12.4. The third-order valence-electron chi connectivity index (χ3n) is 4.22. The van der Waals surface area contributed by atoms with Crippen molar-refractivity contribution in [3.63, 3.8) is 0 Å². The summed E-state index contributed by atoms with van der Waals surface area (Å²) in [5.74, 6) is 0.655. The first-order valence-corrected chi connectivity index (χ1v) is 8.65. The lowest BCUT2D eigenvalue weighted by Gasteiger charge is -2.23. The number of anilines is 1. The maximum Gasteiger partial charge on any atom is 0.224 e. The summed E-state index contributed by atoms with van der Waals surface area (Å²) in [5, 5.41) is 2.88. The Bertz CT molecular complexity index is 769. The van der Waals surface area contributed by atoms with Gasteiger partial charge in [-0.1, -0.05) is 24.3 Å². The molecule has 1 N–H and O–H groups in total. The van der Waals surface area contributed by atoms with Gasteiger partial charge in [-0.25, -0.2) is 0 Å². The molecule has 5 nitrogen and oxygen atoms in total. The topological polar surface area (TPSA) is 58.6 Å². The number of aryl methyl sites for hydroxylation is 2. The minimum Gasteiger partial charge on any atom is -0.497 e. The lowest BCUT2D eigenvalue weighted by atomic mass is 10.1. The van der Waals surface area contributed by atoms with Crippen molar-refractivity contribution >= 4 is 17.5 Å². The van der Waals surface area contributed by atoms with Gasteiger partial charge in [0.2, 0.25) is 11.8 Å². The lowest BCUT2D eigenvalue weighted by molar-refractivity contribution is -0.121. The fourth-order valence-corrected chi connectivity index (χ4v) is 2.76. The van der Waals surface area contributed by atoms with Crippen LogP contribution in [0.3, 0.4) is 0 Å². The SMILES string of the molecule is COc1ccc(CC(=O)NCCN(C(C)=O)c2cc(C)ccc2C)cc1. The normalized spacial score (nSPS) is 10.3. The number of methoxy groups -OCH3 is 1. The molecule has 26 heavy (non-hydrogen) atoms. The van der Waals surface area contributed by atoms with E-state index in [2.05, 4.69) is 5.32 Å². The van der Waals surface area contributed by atoms with Crippen LogP contribution in [0.25, 0.3) is 0 Å². The number of nitrogens with one attached hydrogen (secondary N) is 1. The highest BCUT2D eigenvalue weighted by atomic mass is 16.5. The Labute approximate surface area is 155 Å². The molecule has 2 rings (SSSR count). The average Bonchev–Trinajstić information content (AvgIpc) is 2.61. The second-order valence-electron chi connectivity index (χ2n) is 6.34. The standard InChI is InChI=1S/C21H26N2O3/c1-15-5-6-16(2)20(13-15)23(17(3)24)12-11-22-21(25)14-18-7-9-19(26-4)10-8-18/h5-10,13H,11-12,14H2,1-4H3,(H,22,25). The Morgan fingerprint density at radius 2 is 1.77 bits per heavy atom. The molecule has 5 heteroatoms. The molecule has 0 spiro atoms. The molecule has 0 aliphatic rings. The number of hydrogen-bond donors (Lipinski definition) is 1. The molecular formula is C21H26N2O3. The summed E-state index contributed by atoms with van der Waals surface area (Å²) in [6, 6.07) is 13.4. The number of carbonyl (C=O) groups excluding carboxylic acids is 2. The highest BCUT2D eigenvalue weighted by Crippen LogP contribution is 2.21. The Morgan fingerprint density at radius 1 is 1.08 bits per heavy atom. The van der Waals surface area contributed by atoms with Crippen LogP contribution >= 0.6 is 0 Å². The fourth-order valence-electron chi connectivity index (χ4n) is 2.76. The van der Waals surface area contributed by atoms with Gasteiger partial charge in [0.05, 0.1) is 13.5 Å². The first kappa shape index (κ1) is 19.5. The highest BCUT2D eigenvalue weighted by molar-refractivity contribution is 5.92. The van der Waals surface area contributed by atoms with E-state index in [4.69, 9.17) is 4.74 Å². The minimum atomic E-state index is -0.0698. The predicted molar refractivity (Wildman–Crippen MR) is 104 cm³/mol. The second kappa shape index (κ2) is 9.04. The van der Waals surface area contributed by atoms with Crippen LogP contribution in [0.2, 0.25) is 0 Å². The molecule has 2 aromatic carbocycles. The molecule has 138 valence electrons. The van der Waals surface area contributed by atoms with Gasteiger partial charge < -0.3 is 15.0 Å². The van der Waals surface area contributed by atoms with E-state index >= 15 is 0 Å². The van der Waals surface area contributed by atoms with E-state index in [0.717, 1.165) is 28.1 Å². The first-order valence-electron chi connectivity index (χ1n) is 8.65. The average molecular weight is 354 g/mol. The molecule has 0 bridgehead atoms. The summed E-state index contributed by atoms with van der Waals surface area (Å²) in [4.78, 5) is 25.9. The Kier molecular flexibility index (Phi) is 6.78. The molecule has 0 heterocycles. The van der Waals surface area contributed by atoms with Gasteiger partial charge in [-0.15, -0.1) is 0 Å². The number of rotatable bonds is 7. The highest BCUT2D eigenvalue weighted by Gasteiger charge is 2.14. The Balaban J connectivity index is 1.91. The summed E-state index contributed by atoms with van der Waals surface area (Å²) in [5.41, 5.74) is 3.94. The zero-order valence-corrected chi connectivity index (χ0v) is 15.8. The minimum absolute atomic E-state index is 0.0388. The second-order valence-corrected chi connectivity index (χ2v) is 6.34. The van der Waals surface area contributed by atoms with Gasteiger partial charge in [0.15, 0.2) is 0 Å². The number of nitrogens with zero attached hydrogens (tertiary/aromatic N) is 1. The van der Waals surface area contributed by atoms with Crippen LogP contribution < -0.4 is 15.0 Å². The van der Waals surface area contributed by atoms with E-state index < -0.39 is 0 Å². The van der Waals surface area contributed by atoms with Crippen LogP contribution in [-0.4, -0.2) is 32.0 Å². The van der Waals surface area contributed by atoms with Crippen molar-refractivity contribution in [1.29, 1.82) is 0 Å². The maximum atomic E-state index is 12.1. The van der Waals surface area contributed by atoms with Crippen LogP contribution in [-0.2, 0) is 16.0 Å². The Hall–Kier alpha value is -2.82. The third kappa shape index (κ3) is 5.34. The van der Waals surface area contributed by atoms with Crippen LogP contribution in [0.5, 0.6) is 5.75 Å². The fraction of sp³-hybridized carbons (Fsp3) is 0.333. The van der Waals surface area contributed by atoms with Crippen LogP contribution in [0, 0.1) is 13.8 Å². The van der Waals surface area contributed by atoms with Crippen molar-refractivity contribution < 1.29 is 14.3 Å². The van der Waals surface area contributed by atoms with Crippen LogP contribution in [0.1, 0.15) is 23.6 Å². The predicted octanol–water partition coefficient (Wildman–Crippen LogP) is 3.02. The number of carbonyl (C=O) groups is 2. The monoisotopic (exact) mass is 354 g/mol. The van der Waals surface area contributed by atoms with E-state index in [0.29, 0.717) is 19.5 Å². The maximum absolute atomic E-state index is 12.1. The number of ether oxygens (including phenoxy) is 1. The molecule has 0 fully saturated rings. The van der Waals surface area contributed by atoms with Gasteiger partial charge in [-0.2, -0.15) is 0 Å². The van der Waals surface area contributed by atoms with E-state index in [1.165, 1.54) is 0 Å². The van der Waals surface area contributed by atoms with Gasteiger partial charge in [0.1, 0.15) is 5.75 Å². The zero-order valence-electron chi connectivity index (χ0n) is 15.8. The smallest absolute Gasteiger partial charge is 0.224 e. The molecule has 2 aromatic rings. The van der Waals surface area contributed by atoms with Crippen molar-refractivity contribution in [3.8, 4) is 5.75 Å². The van der Waals surface area contributed by atoms with Gasteiger partial charge in [-0.3, -0.25) is 9.59 Å². The van der Waals surface area contributed by atoms with E-state index in [9.17, 15) is 9.59 Å². The summed E-state index contributed by atoms with van der Waals surface area (Å²) < 4.78 is 5.11. The number of amides is 2. The molecule has 0 saturated carbocycles. The molecule has 0 aliphatic heterocycles. The van der Waals surface area contributed by atoms with Crippen molar-refractivity contribution in [2.24, 2.45) is 0 Å². The van der Waals surface area contributed by atoms with Crippen LogP contribution in [0.15, 0.2) is 42.5 Å². The van der Waals surface area contributed by atoms with Crippen molar-refractivity contribution in [2.75, 3.05) is 25.1 Å². The van der Waals surface area contributed by atoms with Crippen molar-refractivity contribution in [2.45, 2.75) is 27.2 Å². The summed E-state index contributed by atoms with van der Waals surface area (Å²) in [6.07, 6.45) is 0.299. The molecule has 2 amide bonds. The summed E-state index contributed by atoms with van der Waals surface area (Å²) >= 11 is 0. The molecule has 0 atom stereocenters. The quantitative estimate of drug-likeness (QED) is 0.831. The van der Waals surface area contributed by atoms with E-state index in [1.54, 1.807) is 18.9 Å². The Morgan fingerprint density at radius 3 is 2.38 bits per heavy atom. The molecule has 0 unspecified atom stereocenters. The largest absolute Gasteiger partial charge is 0.497 e. The molecule has 0 aromatic heterocycles. The van der Waals surface area contributed by atoms with Crippen molar-refractivity contribution in [3.05, 3.63) is 59.2 Å². The van der Waals surface area contributed by atoms with E-state index in [1.807, 2.05) is 56.3 Å². The summed E-state index contributed by atoms with van der Waals surface area (Å²) in [7, 11) is 1.61. The third-order valence-corrected chi connectivity index (χ3v) is 4.22. The number of benzene rings is 2. The summed E-state index contributed by atoms with van der Waals surface area (Å²) in [6.45, 7) is 6.36. The molecule has 0 saturated heterocycles. The lowest BCUT2D eigenvalue weighted by Crippen LogP contribution is -2.38. The van der Waals surface area contributed by atoms with Crippen LogP contribution in [0.4, 0.5) is 5.69 Å². The molecule has 0 radical (unpaired) electrons. The van der Waals surface area contributed by atoms with Gasteiger partial charge >= 0.3 is 0 Å². The zero-order chi connectivity index (χ0) is 19.1.